The van der Waals surface area contributed by atoms with E-state index >= 15 is 0 Å². The van der Waals surface area contributed by atoms with Crippen LogP contribution in [-0.4, -0.2) is 54.5 Å². The highest BCUT2D eigenvalue weighted by Crippen LogP contribution is 2.31. The number of ether oxygens (including phenoxy) is 1. The van der Waals surface area contributed by atoms with Crippen molar-refractivity contribution in [1.29, 1.82) is 0 Å². The van der Waals surface area contributed by atoms with Gasteiger partial charge in [-0.15, -0.1) is 0 Å². The smallest absolute Gasteiger partial charge is 0.339 e. The zero-order chi connectivity index (χ0) is 21.3. The molecule has 162 valence electrons. The summed E-state index contributed by atoms with van der Waals surface area (Å²) < 4.78 is 11.5. The quantitative estimate of drug-likeness (QED) is 0.703. The fraction of sp³-hybridized carbons (Fsp3) is 0.583. The number of aryl methyl sites for hydroxylation is 2. The molecule has 0 spiro atoms. The van der Waals surface area contributed by atoms with Crippen LogP contribution < -0.4 is 10.4 Å². The highest BCUT2D eigenvalue weighted by molar-refractivity contribution is 5.88. The number of piperidine rings is 1. The van der Waals surface area contributed by atoms with E-state index in [0.29, 0.717) is 16.9 Å². The summed E-state index contributed by atoms with van der Waals surface area (Å²) in [6, 6.07) is 4.04. The maximum Gasteiger partial charge on any atom is 0.339 e. The van der Waals surface area contributed by atoms with Crippen molar-refractivity contribution in [3.63, 3.8) is 0 Å². The Morgan fingerprint density at radius 1 is 1.07 bits per heavy atom. The molecule has 2 aromatic rings. The Hall–Kier alpha value is -2.34. The number of carbonyl (C=O) groups excluding carboxylic acids is 1. The van der Waals surface area contributed by atoms with Gasteiger partial charge >= 0.3 is 5.63 Å². The molecule has 2 fully saturated rings. The first-order valence-corrected chi connectivity index (χ1v) is 11.1. The molecule has 0 saturated carbocycles. The van der Waals surface area contributed by atoms with Gasteiger partial charge in [0.05, 0.1) is 5.39 Å². The van der Waals surface area contributed by atoms with E-state index in [4.69, 9.17) is 9.15 Å². The van der Waals surface area contributed by atoms with Crippen LogP contribution in [0.1, 0.15) is 48.8 Å². The minimum atomic E-state index is -0.328. The summed E-state index contributed by atoms with van der Waals surface area (Å²) in [5.74, 6) is 0.649. The normalized spacial score (nSPS) is 20.1. The molecule has 1 atom stereocenters. The van der Waals surface area contributed by atoms with E-state index in [2.05, 4.69) is 4.90 Å². The van der Waals surface area contributed by atoms with Crippen molar-refractivity contribution in [3.8, 4) is 5.75 Å². The lowest BCUT2D eigenvalue weighted by molar-refractivity contribution is -0.137. The number of amides is 1. The van der Waals surface area contributed by atoms with Crippen molar-refractivity contribution < 1.29 is 13.9 Å². The summed E-state index contributed by atoms with van der Waals surface area (Å²) in [6.07, 6.45) is 5.83. The van der Waals surface area contributed by atoms with E-state index in [1.54, 1.807) is 6.92 Å². The standard InChI is InChI=1S/C24H32N2O4/c1-16-12-20(23-17(2)18(3)24(28)30-21(23)13-16)29-15-22(27)26-11-5-4-8-19(26)14-25-9-6-7-10-25/h12-13,19H,4-11,14-15H2,1-3H3. The number of hydrogen-bond donors (Lipinski definition) is 0. The first kappa shape index (κ1) is 20.9. The third-order valence-electron chi connectivity index (χ3n) is 6.62. The Labute approximate surface area is 177 Å². The number of carbonyl (C=O) groups is 1. The molecule has 2 aliphatic heterocycles. The van der Waals surface area contributed by atoms with E-state index in [1.165, 1.54) is 19.3 Å². The fourth-order valence-corrected chi connectivity index (χ4v) is 4.81. The van der Waals surface area contributed by atoms with Crippen LogP contribution in [0.15, 0.2) is 21.3 Å². The highest BCUT2D eigenvalue weighted by Gasteiger charge is 2.29. The summed E-state index contributed by atoms with van der Waals surface area (Å²) in [4.78, 5) is 29.7. The zero-order valence-corrected chi connectivity index (χ0v) is 18.3. The molecule has 1 unspecified atom stereocenters. The van der Waals surface area contributed by atoms with Crippen LogP contribution >= 0.6 is 0 Å². The van der Waals surface area contributed by atoms with E-state index in [-0.39, 0.29) is 24.2 Å². The lowest BCUT2D eigenvalue weighted by Gasteiger charge is -2.37. The summed E-state index contributed by atoms with van der Waals surface area (Å²) in [6.45, 7) is 9.67. The molecular formula is C24H32N2O4. The molecule has 30 heavy (non-hydrogen) atoms. The number of fused-ring (bicyclic) bond motifs is 1. The molecular weight excluding hydrogens is 380 g/mol. The van der Waals surface area contributed by atoms with Gasteiger partial charge in [-0.1, -0.05) is 0 Å². The van der Waals surface area contributed by atoms with Crippen LogP contribution in [0.3, 0.4) is 0 Å². The molecule has 0 aliphatic carbocycles. The van der Waals surface area contributed by atoms with Crippen LogP contribution in [-0.2, 0) is 4.79 Å². The minimum Gasteiger partial charge on any atom is -0.483 e. The molecule has 6 nitrogen and oxygen atoms in total. The SMILES string of the molecule is Cc1cc(OCC(=O)N2CCCCC2CN2CCCC2)c2c(C)c(C)c(=O)oc2c1. The van der Waals surface area contributed by atoms with Gasteiger partial charge in [0.25, 0.3) is 5.91 Å². The van der Waals surface area contributed by atoms with Crippen molar-refractivity contribution >= 4 is 16.9 Å². The second-order valence-electron chi connectivity index (χ2n) is 8.81. The molecule has 6 heteroatoms. The highest BCUT2D eigenvalue weighted by atomic mass is 16.5. The molecule has 2 saturated heterocycles. The molecule has 0 N–H and O–H groups in total. The molecule has 0 radical (unpaired) electrons. The third-order valence-corrected chi connectivity index (χ3v) is 6.62. The number of benzene rings is 1. The molecule has 4 rings (SSSR count). The molecule has 3 heterocycles. The fourth-order valence-electron chi connectivity index (χ4n) is 4.81. The van der Waals surface area contributed by atoms with Gasteiger partial charge in [-0.25, -0.2) is 4.79 Å². The van der Waals surface area contributed by atoms with Gasteiger partial charge in [-0.3, -0.25) is 4.79 Å². The summed E-state index contributed by atoms with van der Waals surface area (Å²) in [5.41, 5.74) is 2.53. The van der Waals surface area contributed by atoms with E-state index in [0.717, 1.165) is 55.5 Å². The summed E-state index contributed by atoms with van der Waals surface area (Å²) in [7, 11) is 0. The summed E-state index contributed by atoms with van der Waals surface area (Å²) in [5, 5.41) is 0.776. The maximum absolute atomic E-state index is 13.1. The van der Waals surface area contributed by atoms with Gasteiger partial charge in [0.1, 0.15) is 11.3 Å². The van der Waals surface area contributed by atoms with E-state index in [1.807, 2.05) is 30.9 Å². The number of hydrogen-bond acceptors (Lipinski definition) is 5. The Kier molecular flexibility index (Phi) is 6.14. The van der Waals surface area contributed by atoms with E-state index < -0.39 is 0 Å². The second-order valence-corrected chi connectivity index (χ2v) is 8.81. The monoisotopic (exact) mass is 412 g/mol. The van der Waals surface area contributed by atoms with Crippen molar-refractivity contribution in [1.82, 2.24) is 9.80 Å². The van der Waals surface area contributed by atoms with Crippen LogP contribution in [0.2, 0.25) is 0 Å². The van der Waals surface area contributed by atoms with Crippen LogP contribution in [0.4, 0.5) is 0 Å². The number of likely N-dealkylation sites (tertiary alicyclic amines) is 2. The average Bonchev–Trinajstić information content (AvgIpc) is 3.23. The van der Waals surface area contributed by atoms with Gasteiger partial charge in [-0.05, 0) is 89.2 Å². The third kappa shape index (κ3) is 4.24. The van der Waals surface area contributed by atoms with Crippen molar-refractivity contribution in [3.05, 3.63) is 39.2 Å². The maximum atomic E-state index is 13.1. The second kappa shape index (κ2) is 8.80. The summed E-state index contributed by atoms with van der Waals surface area (Å²) >= 11 is 0. The molecule has 0 bridgehead atoms. The predicted molar refractivity (Wildman–Crippen MR) is 117 cm³/mol. The number of nitrogens with zero attached hydrogens (tertiary/aromatic N) is 2. The Balaban J connectivity index is 1.52. The van der Waals surface area contributed by atoms with Crippen LogP contribution in [0.25, 0.3) is 11.0 Å². The van der Waals surface area contributed by atoms with Gasteiger partial charge in [-0.2, -0.15) is 0 Å². The first-order valence-electron chi connectivity index (χ1n) is 11.1. The van der Waals surface area contributed by atoms with Crippen molar-refractivity contribution in [2.45, 2.75) is 58.9 Å². The predicted octanol–water partition coefficient (Wildman–Crippen LogP) is 3.57. The average molecular weight is 413 g/mol. The van der Waals surface area contributed by atoms with E-state index in [9.17, 15) is 9.59 Å². The van der Waals surface area contributed by atoms with Gasteiger partial charge < -0.3 is 19.0 Å². The molecule has 1 aromatic heterocycles. The lowest BCUT2D eigenvalue weighted by atomic mass is 10.0. The van der Waals surface area contributed by atoms with Crippen molar-refractivity contribution in [2.24, 2.45) is 0 Å². The minimum absolute atomic E-state index is 0.00661. The topological polar surface area (TPSA) is 63.0 Å². The van der Waals surface area contributed by atoms with Gasteiger partial charge in [0.15, 0.2) is 6.61 Å². The Bertz CT molecular complexity index is 991. The van der Waals surface area contributed by atoms with Gasteiger partial charge in [0.2, 0.25) is 0 Å². The lowest BCUT2D eigenvalue weighted by Crippen LogP contribution is -2.50. The first-order chi connectivity index (χ1) is 14.4. The largest absolute Gasteiger partial charge is 0.483 e. The Morgan fingerprint density at radius 2 is 1.80 bits per heavy atom. The zero-order valence-electron chi connectivity index (χ0n) is 18.3. The molecule has 1 amide bonds. The molecule has 2 aliphatic rings. The van der Waals surface area contributed by atoms with Gasteiger partial charge in [0, 0.05) is 24.7 Å². The Morgan fingerprint density at radius 3 is 2.57 bits per heavy atom. The number of rotatable bonds is 5. The van der Waals surface area contributed by atoms with Crippen molar-refractivity contribution in [2.75, 3.05) is 32.8 Å². The van der Waals surface area contributed by atoms with Crippen LogP contribution in [0, 0.1) is 20.8 Å². The molecule has 1 aromatic carbocycles. The van der Waals surface area contributed by atoms with Crippen LogP contribution in [0.5, 0.6) is 5.75 Å².